The number of benzene rings is 1. The van der Waals surface area contributed by atoms with E-state index in [1.54, 1.807) is 12.1 Å². The number of hydrogen-bond acceptors (Lipinski definition) is 3. The van der Waals surface area contributed by atoms with E-state index in [9.17, 15) is 10.0 Å². The van der Waals surface area contributed by atoms with Crippen molar-refractivity contribution in [2.45, 2.75) is 20.0 Å². The van der Waals surface area contributed by atoms with Gasteiger partial charge >= 0.3 is 0 Å². The van der Waals surface area contributed by atoms with Crippen LogP contribution in [0, 0.1) is 14.4 Å². The molecule has 1 rings (SSSR count). The number of hydrogen-bond donors (Lipinski definition) is 1. The second-order valence-electron chi connectivity index (χ2n) is 3.48. The van der Waals surface area contributed by atoms with Crippen LogP contribution in [0.25, 0.3) is 0 Å². The Morgan fingerprint density at radius 2 is 2.07 bits per heavy atom. The number of halogens is 1. The van der Waals surface area contributed by atoms with E-state index in [2.05, 4.69) is 27.8 Å². The van der Waals surface area contributed by atoms with Crippen molar-refractivity contribution in [1.29, 1.82) is 0 Å². The van der Waals surface area contributed by atoms with Gasteiger partial charge in [-0.05, 0) is 45.8 Å². The van der Waals surface area contributed by atoms with Crippen LogP contribution in [0.15, 0.2) is 23.4 Å². The summed E-state index contributed by atoms with van der Waals surface area (Å²) in [5.74, 6) is 0.0792. The lowest BCUT2D eigenvalue weighted by Gasteiger charge is -2.15. The molecule has 1 aromatic rings. The Morgan fingerprint density at radius 3 is 2.57 bits per heavy atom. The molecule has 0 saturated heterocycles. The Kier molecular flexibility index (Phi) is 4.00. The Balaban J connectivity index is 3.13. The normalized spacial score (nSPS) is 12.9. The van der Waals surface area contributed by atoms with E-state index in [1.165, 1.54) is 0 Å². The lowest BCUT2D eigenvalue weighted by molar-refractivity contribution is 0.127. The van der Waals surface area contributed by atoms with Crippen LogP contribution in [0.3, 0.4) is 0 Å². The van der Waals surface area contributed by atoms with Crippen molar-refractivity contribution in [3.8, 4) is 0 Å². The van der Waals surface area contributed by atoms with Gasteiger partial charge in [-0.1, -0.05) is 19.9 Å². The zero-order valence-electron chi connectivity index (χ0n) is 8.07. The third-order valence-electron chi connectivity index (χ3n) is 2.04. The molecule has 0 saturated carbocycles. The molecule has 0 unspecified atom stereocenters. The summed E-state index contributed by atoms with van der Waals surface area (Å²) in [5.41, 5.74) is 0.938. The minimum atomic E-state index is -0.625. The van der Waals surface area contributed by atoms with Crippen molar-refractivity contribution in [3.63, 3.8) is 0 Å². The first-order valence-electron chi connectivity index (χ1n) is 4.37. The molecule has 76 valence electrons. The van der Waals surface area contributed by atoms with E-state index in [-0.39, 0.29) is 5.92 Å². The van der Waals surface area contributed by atoms with Crippen LogP contribution in [0.2, 0.25) is 0 Å². The molecule has 0 bridgehead atoms. The second-order valence-corrected chi connectivity index (χ2v) is 4.73. The predicted molar refractivity (Wildman–Crippen MR) is 64.4 cm³/mol. The number of nitroso groups, excluding NO2 is 1. The molecular weight excluding hydrogens is 293 g/mol. The third kappa shape index (κ3) is 2.51. The lowest BCUT2D eigenvalue weighted by Crippen LogP contribution is -2.05. The first-order valence-corrected chi connectivity index (χ1v) is 5.45. The van der Waals surface area contributed by atoms with E-state index in [0.29, 0.717) is 11.3 Å². The SMILES string of the molecule is CC(C)[C@H](O)c1ccc(I)cc1N=O. The molecule has 0 aromatic heterocycles. The van der Waals surface area contributed by atoms with Gasteiger partial charge in [0.2, 0.25) is 0 Å². The fourth-order valence-corrected chi connectivity index (χ4v) is 1.68. The van der Waals surface area contributed by atoms with Crippen LogP contribution < -0.4 is 0 Å². The monoisotopic (exact) mass is 305 g/mol. The van der Waals surface area contributed by atoms with Gasteiger partial charge < -0.3 is 5.11 Å². The zero-order chi connectivity index (χ0) is 10.7. The summed E-state index contributed by atoms with van der Waals surface area (Å²) >= 11 is 2.11. The molecule has 0 heterocycles. The fourth-order valence-electron chi connectivity index (χ4n) is 1.21. The van der Waals surface area contributed by atoms with Gasteiger partial charge in [-0.3, -0.25) is 0 Å². The third-order valence-corrected chi connectivity index (χ3v) is 2.71. The van der Waals surface area contributed by atoms with Gasteiger partial charge in [0.1, 0.15) is 5.69 Å². The highest BCUT2D eigenvalue weighted by atomic mass is 127. The highest BCUT2D eigenvalue weighted by molar-refractivity contribution is 14.1. The summed E-state index contributed by atoms with van der Waals surface area (Å²) in [6.07, 6.45) is -0.625. The molecule has 1 atom stereocenters. The van der Waals surface area contributed by atoms with E-state index < -0.39 is 6.10 Å². The van der Waals surface area contributed by atoms with Gasteiger partial charge in [0.05, 0.1) is 6.10 Å². The van der Waals surface area contributed by atoms with Crippen molar-refractivity contribution in [2.75, 3.05) is 0 Å². The number of rotatable bonds is 3. The molecule has 4 heteroatoms. The molecular formula is C10H12INO2. The summed E-state index contributed by atoms with van der Waals surface area (Å²) in [5, 5.41) is 12.7. The highest BCUT2D eigenvalue weighted by Gasteiger charge is 2.16. The smallest absolute Gasteiger partial charge is 0.114 e. The highest BCUT2D eigenvalue weighted by Crippen LogP contribution is 2.31. The Hall–Kier alpha value is -0.490. The number of aliphatic hydroxyl groups excluding tert-OH is 1. The van der Waals surface area contributed by atoms with Crippen molar-refractivity contribution in [3.05, 3.63) is 32.2 Å². The molecule has 14 heavy (non-hydrogen) atoms. The second kappa shape index (κ2) is 4.84. The molecule has 0 aliphatic heterocycles. The summed E-state index contributed by atoms with van der Waals surface area (Å²) in [6, 6.07) is 5.29. The molecule has 0 spiro atoms. The van der Waals surface area contributed by atoms with Gasteiger partial charge in [0.15, 0.2) is 0 Å². The predicted octanol–water partition coefficient (Wildman–Crippen LogP) is 3.38. The van der Waals surface area contributed by atoms with E-state index in [0.717, 1.165) is 3.57 Å². The van der Waals surface area contributed by atoms with Gasteiger partial charge in [-0.2, -0.15) is 0 Å². The van der Waals surface area contributed by atoms with Crippen molar-refractivity contribution in [1.82, 2.24) is 0 Å². The minimum Gasteiger partial charge on any atom is -0.388 e. The topological polar surface area (TPSA) is 49.7 Å². The Labute approximate surface area is 96.6 Å². The summed E-state index contributed by atoms with van der Waals surface area (Å²) in [4.78, 5) is 10.5. The Bertz CT molecular complexity index is 339. The quantitative estimate of drug-likeness (QED) is 0.687. The van der Waals surface area contributed by atoms with Crippen molar-refractivity contribution in [2.24, 2.45) is 11.1 Å². The average Bonchev–Trinajstić information content (AvgIpc) is 2.16. The molecule has 1 aromatic carbocycles. The molecule has 0 aliphatic rings. The summed E-state index contributed by atoms with van der Waals surface area (Å²) in [7, 11) is 0. The maximum atomic E-state index is 10.5. The zero-order valence-corrected chi connectivity index (χ0v) is 10.2. The first kappa shape index (κ1) is 11.6. The van der Waals surface area contributed by atoms with Crippen LogP contribution in [0.4, 0.5) is 5.69 Å². The summed E-state index contributed by atoms with van der Waals surface area (Å²) in [6.45, 7) is 3.80. The van der Waals surface area contributed by atoms with Crippen molar-refractivity contribution < 1.29 is 5.11 Å². The maximum Gasteiger partial charge on any atom is 0.114 e. The van der Waals surface area contributed by atoms with Crippen LogP contribution in [-0.4, -0.2) is 5.11 Å². The van der Waals surface area contributed by atoms with Gasteiger partial charge in [0.25, 0.3) is 0 Å². The Morgan fingerprint density at radius 1 is 1.43 bits per heavy atom. The largest absolute Gasteiger partial charge is 0.388 e. The molecule has 0 amide bonds. The summed E-state index contributed by atoms with van der Waals surface area (Å²) < 4.78 is 0.942. The number of nitrogens with zero attached hydrogens (tertiary/aromatic N) is 1. The molecule has 0 fully saturated rings. The van der Waals surface area contributed by atoms with Gasteiger partial charge in [-0.25, -0.2) is 0 Å². The average molecular weight is 305 g/mol. The van der Waals surface area contributed by atoms with E-state index in [4.69, 9.17) is 0 Å². The lowest BCUT2D eigenvalue weighted by atomic mass is 9.98. The van der Waals surface area contributed by atoms with Crippen molar-refractivity contribution >= 4 is 28.3 Å². The van der Waals surface area contributed by atoms with E-state index >= 15 is 0 Å². The van der Waals surface area contributed by atoms with E-state index in [1.807, 2.05) is 19.9 Å². The molecule has 1 N–H and O–H groups in total. The standard InChI is InChI=1S/C10H12INO2/c1-6(2)10(13)8-4-3-7(11)5-9(8)12-14/h3-6,10,13H,1-2H3/t10-/m0/s1. The maximum absolute atomic E-state index is 10.5. The van der Waals surface area contributed by atoms with Gasteiger partial charge in [-0.15, -0.1) is 4.91 Å². The molecule has 0 aliphatic carbocycles. The van der Waals surface area contributed by atoms with Crippen LogP contribution in [0.1, 0.15) is 25.5 Å². The fraction of sp³-hybridized carbons (Fsp3) is 0.400. The number of aliphatic hydroxyl groups is 1. The molecule has 3 nitrogen and oxygen atoms in total. The van der Waals surface area contributed by atoms with Crippen LogP contribution in [0.5, 0.6) is 0 Å². The molecule has 0 radical (unpaired) electrons. The minimum absolute atomic E-state index is 0.0792. The first-order chi connectivity index (χ1) is 6.56. The van der Waals surface area contributed by atoms with Gasteiger partial charge in [0, 0.05) is 9.13 Å². The van der Waals surface area contributed by atoms with Crippen LogP contribution >= 0.6 is 22.6 Å². The van der Waals surface area contributed by atoms with Crippen LogP contribution in [-0.2, 0) is 0 Å².